The zero-order valence-corrected chi connectivity index (χ0v) is 30.4. The molecule has 4 rings (SSSR count). The predicted molar refractivity (Wildman–Crippen MR) is 184 cm³/mol. The summed E-state index contributed by atoms with van der Waals surface area (Å²) in [5.74, 6) is -1.61. The fourth-order valence-corrected chi connectivity index (χ4v) is 6.44. The fourth-order valence-electron chi connectivity index (χ4n) is 6.01. The van der Waals surface area contributed by atoms with Gasteiger partial charge in [-0.15, -0.1) is 0 Å². The van der Waals surface area contributed by atoms with E-state index in [-0.39, 0.29) is 34.7 Å². The van der Waals surface area contributed by atoms with Crippen LogP contribution in [0.1, 0.15) is 123 Å². The van der Waals surface area contributed by atoms with Crippen molar-refractivity contribution >= 4 is 21.0 Å². The van der Waals surface area contributed by atoms with E-state index in [4.69, 9.17) is 14.2 Å². The molecule has 1 saturated heterocycles. The van der Waals surface area contributed by atoms with E-state index in [1.807, 2.05) is 6.92 Å². The van der Waals surface area contributed by atoms with E-state index in [0.29, 0.717) is 37.0 Å². The van der Waals surface area contributed by atoms with Gasteiger partial charge in [-0.05, 0) is 67.7 Å². The quantitative estimate of drug-likeness (QED) is 0.0395. The van der Waals surface area contributed by atoms with Crippen LogP contribution in [0.4, 0.5) is 17.6 Å². The molecule has 3 aromatic rings. The summed E-state index contributed by atoms with van der Waals surface area (Å²) >= 11 is 0. The van der Waals surface area contributed by atoms with Crippen molar-refractivity contribution in [2.24, 2.45) is 5.41 Å². The Bertz CT molecular complexity index is 1630. The largest absolute Gasteiger partial charge is 0.534 e. The molecule has 0 aliphatic carbocycles. The maximum atomic E-state index is 15.4. The van der Waals surface area contributed by atoms with Crippen LogP contribution in [0.2, 0.25) is 0 Å². The molecule has 280 valence electrons. The molecular formula is C36H51F4N3O6S. The normalized spacial score (nSPS) is 15.9. The second-order valence-electron chi connectivity index (χ2n) is 14.1. The van der Waals surface area contributed by atoms with Crippen molar-refractivity contribution in [1.29, 1.82) is 0 Å². The van der Waals surface area contributed by atoms with Crippen molar-refractivity contribution in [3.63, 3.8) is 0 Å². The van der Waals surface area contributed by atoms with E-state index < -0.39 is 33.6 Å². The number of hydrogen-bond acceptors (Lipinski definition) is 8. The van der Waals surface area contributed by atoms with Gasteiger partial charge in [-0.1, -0.05) is 79.1 Å². The molecule has 14 heteroatoms. The van der Waals surface area contributed by atoms with Gasteiger partial charge in [0.15, 0.2) is 24.6 Å². The standard InChI is InChI=1S/C36H51F4N3O6S/c1-5-26-21-32(48-25-46-19-15-12-10-8-6-7-9-11-14-18-35(2,3)4)29(37)22-27(26)30-23-31-28(24-41-43(31)33-17-13-16-20-47-33)34(42-30)49-50(44,45)36(38,39)40/h21-24,33H,5-20,25H2,1-4H3. The number of halogens is 4. The highest BCUT2D eigenvalue weighted by Gasteiger charge is 2.49. The van der Waals surface area contributed by atoms with E-state index in [9.17, 15) is 21.6 Å². The summed E-state index contributed by atoms with van der Waals surface area (Å²) in [5.41, 5.74) is -4.24. The van der Waals surface area contributed by atoms with Crippen LogP contribution in [0.15, 0.2) is 24.4 Å². The van der Waals surface area contributed by atoms with Gasteiger partial charge in [0, 0.05) is 12.2 Å². The molecule has 1 aliphatic heterocycles. The SMILES string of the molecule is CCc1cc(OCOCCCCCCCCCCCC(C)(C)C)c(F)cc1-c1cc2c(cnn2C2CCCCO2)c(OS(=O)(=O)C(F)(F)F)n1. The van der Waals surface area contributed by atoms with Gasteiger partial charge < -0.3 is 18.4 Å². The van der Waals surface area contributed by atoms with Gasteiger partial charge in [0.25, 0.3) is 0 Å². The van der Waals surface area contributed by atoms with Crippen LogP contribution < -0.4 is 8.92 Å². The number of alkyl halides is 3. The third-order valence-corrected chi connectivity index (χ3v) is 9.73. The first-order valence-electron chi connectivity index (χ1n) is 17.7. The summed E-state index contributed by atoms with van der Waals surface area (Å²) in [6.45, 7) is 9.47. The Hall–Kier alpha value is -2.97. The molecule has 0 amide bonds. The minimum Gasteiger partial charge on any atom is -0.464 e. The number of fused-ring (bicyclic) bond motifs is 1. The van der Waals surface area contributed by atoms with Crippen LogP contribution in [0.5, 0.6) is 11.6 Å². The lowest BCUT2D eigenvalue weighted by atomic mass is 9.89. The number of benzene rings is 1. The lowest BCUT2D eigenvalue weighted by molar-refractivity contribution is -0.0501. The van der Waals surface area contributed by atoms with Crippen LogP contribution in [0.25, 0.3) is 22.2 Å². The predicted octanol–water partition coefficient (Wildman–Crippen LogP) is 10.0. The molecule has 3 heterocycles. The van der Waals surface area contributed by atoms with Crippen LogP contribution in [-0.2, 0) is 26.0 Å². The zero-order chi connectivity index (χ0) is 36.4. The average molecular weight is 730 g/mol. The van der Waals surface area contributed by atoms with Gasteiger partial charge in [-0.25, -0.2) is 14.1 Å². The van der Waals surface area contributed by atoms with Gasteiger partial charge >= 0.3 is 15.6 Å². The monoisotopic (exact) mass is 729 g/mol. The number of ether oxygens (including phenoxy) is 3. The van der Waals surface area contributed by atoms with Crippen molar-refractivity contribution < 1.29 is 44.4 Å². The molecule has 1 fully saturated rings. The maximum Gasteiger partial charge on any atom is 0.534 e. The zero-order valence-electron chi connectivity index (χ0n) is 29.6. The molecule has 0 N–H and O–H groups in total. The van der Waals surface area contributed by atoms with Gasteiger partial charge in [-0.2, -0.15) is 26.7 Å². The highest BCUT2D eigenvalue weighted by molar-refractivity contribution is 7.88. The topological polar surface area (TPSA) is 102 Å². The second-order valence-corrected chi connectivity index (χ2v) is 15.6. The number of aromatic nitrogens is 3. The Morgan fingerprint density at radius 2 is 1.64 bits per heavy atom. The van der Waals surface area contributed by atoms with Crippen LogP contribution in [0.3, 0.4) is 0 Å². The van der Waals surface area contributed by atoms with Gasteiger partial charge in [0.1, 0.15) is 0 Å². The summed E-state index contributed by atoms with van der Waals surface area (Å²) in [7, 11) is -6.06. The minimum atomic E-state index is -6.06. The molecule has 0 spiro atoms. The lowest BCUT2D eigenvalue weighted by Gasteiger charge is -2.23. The first-order chi connectivity index (χ1) is 23.7. The van der Waals surface area contributed by atoms with E-state index in [1.165, 1.54) is 68.0 Å². The van der Waals surface area contributed by atoms with Crippen LogP contribution >= 0.6 is 0 Å². The molecule has 0 radical (unpaired) electrons. The molecule has 1 aliphatic rings. The third kappa shape index (κ3) is 11.3. The van der Waals surface area contributed by atoms with E-state index in [2.05, 4.69) is 35.0 Å². The Morgan fingerprint density at radius 3 is 2.26 bits per heavy atom. The van der Waals surface area contributed by atoms with Crippen molar-refractivity contribution in [2.75, 3.05) is 20.0 Å². The Balaban J connectivity index is 1.37. The van der Waals surface area contributed by atoms with Gasteiger partial charge in [0.05, 0.1) is 29.4 Å². The lowest BCUT2D eigenvalue weighted by Crippen LogP contribution is -2.28. The number of unbranched alkanes of at least 4 members (excludes halogenated alkanes) is 8. The van der Waals surface area contributed by atoms with Gasteiger partial charge in [-0.3, -0.25) is 0 Å². The van der Waals surface area contributed by atoms with E-state index in [0.717, 1.165) is 38.2 Å². The molecule has 1 aromatic carbocycles. The van der Waals surface area contributed by atoms with Gasteiger partial charge in [0.2, 0.25) is 5.88 Å². The van der Waals surface area contributed by atoms with Crippen LogP contribution in [-0.4, -0.2) is 48.7 Å². The molecule has 0 saturated carbocycles. The summed E-state index contributed by atoms with van der Waals surface area (Å²) in [6.07, 6.45) is 15.3. The Labute approximate surface area is 293 Å². The molecule has 2 aromatic heterocycles. The summed E-state index contributed by atoms with van der Waals surface area (Å²) in [4.78, 5) is 4.13. The maximum absolute atomic E-state index is 15.4. The third-order valence-electron chi connectivity index (χ3n) is 8.79. The van der Waals surface area contributed by atoms with E-state index >= 15 is 4.39 Å². The number of rotatable bonds is 19. The van der Waals surface area contributed by atoms with Crippen molar-refractivity contribution in [3.8, 4) is 22.9 Å². The highest BCUT2D eigenvalue weighted by Crippen LogP contribution is 2.38. The molecule has 0 bridgehead atoms. The molecule has 1 atom stereocenters. The fraction of sp³-hybridized carbons (Fsp3) is 0.667. The van der Waals surface area contributed by atoms with Crippen molar-refractivity contribution in [2.45, 2.75) is 129 Å². The summed E-state index contributed by atoms with van der Waals surface area (Å²) in [5, 5.41) is 4.20. The number of hydrogen-bond donors (Lipinski definition) is 0. The first kappa shape index (κ1) is 39.8. The Kier molecular flexibility index (Phi) is 14.3. The number of pyridine rings is 1. The van der Waals surface area contributed by atoms with Crippen molar-refractivity contribution in [3.05, 3.63) is 35.8 Å². The van der Waals surface area contributed by atoms with Crippen LogP contribution in [0, 0.1) is 11.2 Å². The summed E-state index contributed by atoms with van der Waals surface area (Å²) < 4.78 is 102. The second kappa shape index (κ2) is 18.0. The number of aryl methyl sites for hydroxylation is 1. The molecule has 9 nitrogen and oxygen atoms in total. The van der Waals surface area contributed by atoms with Crippen molar-refractivity contribution in [1.82, 2.24) is 14.8 Å². The summed E-state index contributed by atoms with van der Waals surface area (Å²) in [6, 6.07) is 4.16. The molecule has 1 unspecified atom stereocenters. The molecule has 50 heavy (non-hydrogen) atoms. The average Bonchev–Trinajstić information content (AvgIpc) is 3.49. The van der Waals surface area contributed by atoms with E-state index in [1.54, 1.807) is 0 Å². The number of nitrogens with zero attached hydrogens (tertiary/aromatic N) is 3. The Morgan fingerprint density at radius 1 is 0.960 bits per heavy atom. The molecular weight excluding hydrogens is 678 g/mol. The minimum absolute atomic E-state index is 0.00141. The highest BCUT2D eigenvalue weighted by atomic mass is 32.2. The first-order valence-corrected chi connectivity index (χ1v) is 19.1. The smallest absolute Gasteiger partial charge is 0.464 e.